The van der Waals surface area contributed by atoms with Gasteiger partial charge in [0.15, 0.2) is 0 Å². The first-order valence-electron chi connectivity index (χ1n) is 8.12. The molecule has 0 atom stereocenters. The highest BCUT2D eigenvalue weighted by Gasteiger charge is 2.13. The van der Waals surface area contributed by atoms with E-state index >= 15 is 0 Å². The number of hydrogen-bond acceptors (Lipinski definition) is 4. The van der Waals surface area contributed by atoms with E-state index in [-0.39, 0.29) is 5.91 Å². The van der Waals surface area contributed by atoms with Crippen molar-refractivity contribution in [3.8, 4) is 0 Å². The lowest BCUT2D eigenvalue weighted by molar-refractivity contribution is -0.116. The van der Waals surface area contributed by atoms with Gasteiger partial charge in [0.1, 0.15) is 11.5 Å². The van der Waals surface area contributed by atoms with Crippen molar-refractivity contribution in [2.24, 2.45) is 0 Å². The van der Waals surface area contributed by atoms with Gasteiger partial charge in [-0.2, -0.15) is 0 Å². The zero-order valence-electron chi connectivity index (χ0n) is 14.0. The van der Waals surface area contributed by atoms with Crippen LogP contribution in [-0.4, -0.2) is 17.4 Å². The lowest BCUT2D eigenvalue weighted by Gasteiger charge is -2.20. The summed E-state index contributed by atoms with van der Waals surface area (Å²) in [6.45, 7) is 1.70. The van der Waals surface area contributed by atoms with E-state index < -0.39 is 0 Å². The molecule has 5 nitrogen and oxygen atoms in total. The summed E-state index contributed by atoms with van der Waals surface area (Å²) in [6.07, 6.45) is 3.56. The number of rotatable bonds is 8. The van der Waals surface area contributed by atoms with Crippen molar-refractivity contribution in [1.29, 1.82) is 0 Å². The number of halogens is 2. The van der Waals surface area contributed by atoms with Crippen LogP contribution in [0.3, 0.4) is 0 Å². The molecular weight excluding hydrogens is 375 g/mol. The van der Waals surface area contributed by atoms with Crippen molar-refractivity contribution in [2.45, 2.75) is 19.5 Å². The molecule has 0 aliphatic heterocycles. The Labute approximate surface area is 161 Å². The Morgan fingerprint density at radius 1 is 1.00 bits per heavy atom. The Hall–Kier alpha value is -2.21. The molecule has 0 saturated carbocycles. The fraction of sp³-hybridized carbons (Fsp3) is 0.211. The lowest BCUT2D eigenvalue weighted by atomic mass is 10.2. The number of amides is 1. The van der Waals surface area contributed by atoms with E-state index in [4.69, 9.17) is 32.0 Å². The van der Waals surface area contributed by atoms with Crippen LogP contribution in [-0.2, 0) is 17.9 Å². The third kappa shape index (κ3) is 5.39. The van der Waals surface area contributed by atoms with Crippen LogP contribution < -0.4 is 5.32 Å². The largest absolute Gasteiger partial charge is 0.468 e. The van der Waals surface area contributed by atoms with Crippen molar-refractivity contribution < 1.29 is 13.6 Å². The smallest absolute Gasteiger partial charge is 0.225 e. The van der Waals surface area contributed by atoms with E-state index in [9.17, 15) is 4.79 Å². The minimum absolute atomic E-state index is 0.141. The molecule has 1 N–H and O–H groups in total. The Morgan fingerprint density at radius 3 is 2.23 bits per heavy atom. The van der Waals surface area contributed by atoms with E-state index in [2.05, 4.69) is 10.2 Å². The van der Waals surface area contributed by atoms with Crippen molar-refractivity contribution in [3.05, 3.63) is 76.6 Å². The molecule has 0 fully saturated rings. The minimum Gasteiger partial charge on any atom is -0.468 e. The predicted octanol–water partition coefficient (Wildman–Crippen LogP) is 5.21. The van der Waals surface area contributed by atoms with Gasteiger partial charge in [-0.05, 0) is 42.5 Å². The van der Waals surface area contributed by atoms with Crippen LogP contribution in [0.4, 0.5) is 5.69 Å². The molecule has 0 aliphatic rings. The SMILES string of the molecule is O=C(CCN(Cc1ccco1)Cc1ccco1)Nc1cc(Cl)ccc1Cl. The first kappa shape index (κ1) is 18.6. The molecule has 0 aliphatic carbocycles. The fourth-order valence-electron chi connectivity index (χ4n) is 2.53. The second-order valence-electron chi connectivity index (χ2n) is 5.79. The maximum absolute atomic E-state index is 12.3. The van der Waals surface area contributed by atoms with E-state index in [0.717, 1.165) is 11.5 Å². The molecule has 3 rings (SSSR count). The third-order valence-corrected chi connectivity index (χ3v) is 4.34. The molecule has 1 amide bonds. The highest BCUT2D eigenvalue weighted by atomic mass is 35.5. The second kappa shape index (κ2) is 8.94. The van der Waals surface area contributed by atoms with Gasteiger partial charge in [0.25, 0.3) is 0 Å². The van der Waals surface area contributed by atoms with Gasteiger partial charge in [-0.15, -0.1) is 0 Å². The number of anilines is 1. The van der Waals surface area contributed by atoms with Crippen molar-refractivity contribution in [1.82, 2.24) is 4.90 Å². The zero-order chi connectivity index (χ0) is 18.4. The molecule has 2 heterocycles. The number of hydrogen-bond donors (Lipinski definition) is 1. The molecule has 26 heavy (non-hydrogen) atoms. The minimum atomic E-state index is -0.141. The van der Waals surface area contributed by atoms with Crippen LogP contribution in [0.2, 0.25) is 10.0 Å². The lowest BCUT2D eigenvalue weighted by Crippen LogP contribution is -2.27. The number of benzene rings is 1. The average molecular weight is 393 g/mol. The summed E-state index contributed by atoms with van der Waals surface area (Å²) in [7, 11) is 0. The molecule has 0 saturated heterocycles. The van der Waals surface area contributed by atoms with Gasteiger partial charge in [-0.1, -0.05) is 23.2 Å². The number of nitrogens with zero attached hydrogens (tertiary/aromatic N) is 1. The van der Waals surface area contributed by atoms with E-state index in [0.29, 0.717) is 41.8 Å². The fourth-order valence-corrected chi connectivity index (χ4v) is 2.86. The molecule has 0 bridgehead atoms. The molecule has 7 heteroatoms. The first-order valence-corrected chi connectivity index (χ1v) is 8.88. The molecule has 0 spiro atoms. The number of furan rings is 2. The highest BCUT2D eigenvalue weighted by Crippen LogP contribution is 2.25. The van der Waals surface area contributed by atoms with Gasteiger partial charge in [0.05, 0.1) is 36.3 Å². The second-order valence-corrected chi connectivity index (χ2v) is 6.64. The molecule has 2 aromatic heterocycles. The monoisotopic (exact) mass is 392 g/mol. The summed E-state index contributed by atoms with van der Waals surface area (Å²) in [5, 5.41) is 3.76. The van der Waals surface area contributed by atoms with Crippen LogP contribution in [0.25, 0.3) is 0 Å². The highest BCUT2D eigenvalue weighted by molar-refractivity contribution is 6.35. The maximum atomic E-state index is 12.3. The Kier molecular flexibility index (Phi) is 6.39. The molecule has 136 valence electrons. The van der Waals surface area contributed by atoms with Gasteiger partial charge >= 0.3 is 0 Å². The Balaban J connectivity index is 1.59. The van der Waals surface area contributed by atoms with Crippen LogP contribution in [0.1, 0.15) is 17.9 Å². The standard InChI is InChI=1S/C19H18Cl2N2O3/c20-14-5-6-17(21)18(11-14)22-19(24)7-8-23(12-15-3-1-9-25-15)13-16-4-2-10-26-16/h1-6,9-11H,7-8,12-13H2,(H,22,24). The quantitative estimate of drug-likeness (QED) is 0.571. The molecule has 3 aromatic rings. The Morgan fingerprint density at radius 2 is 1.65 bits per heavy atom. The van der Waals surface area contributed by atoms with Gasteiger partial charge in [0, 0.05) is 18.0 Å². The number of carbonyl (C=O) groups is 1. The molecule has 0 radical (unpaired) electrons. The van der Waals surface area contributed by atoms with Crippen molar-refractivity contribution in [3.63, 3.8) is 0 Å². The summed E-state index contributed by atoms with van der Waals surface area (Å²) in [4.78, 5) is 14.4. The summed E-state index contributed by atoms with van der Waals surface area (Å²) >= 11 is 12.0. The summed E-state index contributed by atoms with van der Waals surface area (Å²) in [6, 6.07) is 12.4. The van der Waals surface area contributed by atoms with E-state index in [1.165, 1.54) is 0 Å². The van der Waals surface area contributed by atoms with Crippen LogP contribution in [0.5, 0.6) is 0 Å². The molecule has 0 unspecified atom stereocenters. The predicted molar refractivity (Wildman–Crippen MR) is 101 cm³/mol. The third-order valence-electron chi connectivity index (χ3n) is 3.78. The van der Waals surface area contributed by atoms with Crippen LogP contribution >= 0.6 is 23.2 Å². The summed E-state index contributed by atoms with van der Waals surface area (Å²) < 4.78 is 10.8. The maximum Gasteiger partial charge on any atom is 0.225 e. The number of carbonyl (C=O) groups excluding carboxylic acids is 1. The van der Waals surface area contributed by atoms with Gasteiger partial charge in [0.2, 0.25) is 5.91 Å². The van der Waals surface area contributed by atoms with Crippen molar-refractivity contribution >= 4 is 34.8 Å². The van der Waals surface area contributed by atoms with Crippen LogP contribution in [0, 0.1) is 0 Å². The molecular formula is C19H18Cl2N2O3. The normalized spacial score (nSPS) is 11.0. The zero-order valence-corrected chi connectivity index (χ0v) is 15.5. The Bertz CT molecular complexity index is 796. The van der Waals surface area contributed by atoms with Crippen LogP contribution in [0.15, 0.2) is 63.8 Å². The first-order chi connectivity index (χ1) is 12.6. The topological polar surface area (TPSA) is 58.6 Å². The van der Waals surface area contributed by atoms with Crippen molar-refractivity contribution in [2.75, 3.05) is 11.9 Å². The van der Waals surface area contributed by atoms with Gasteiger partial charge in [-0.3, -0.25) is 9.69 Å². The summed E-state index contributed by atoms with van der Waals surface area (Å²) in [5.41, 5.74) is 0.507. The van der Waals surface area contributed by atoms with E-state index in [1.807, 2.05) is 24.3 Å². The number of nitrogens with one attached hydrogen (secondary N) is 1. The van der Waals surface area contributed by atoms with E-state index in [1.54, 1.807) is 30.7 Å². The molecule has 1 aromatic carbocycles. The average Bonchev–Trinajstić information content (AvgIpc) is 3.30. The summed E-state index contributed by atoms with van der Waals surface area (Å²) in [5.74, 6) is 1.52. The van der Waals surface area contributed by atoms with Gasteiger partial charge < -0.3 is 14.2 Å². The van der Waals surface area contributed by atoms with Gasteiger partial charge in [-0.25, -0.2) is 0 Å².